The number of non-ortho nitro benzene ring substituents is 1. The van der Waals surface area contributed by atoms with Crippen LogP contribution >= 0.6 is 0 Å². The molecule has 0 aliphatic rings. The molecule has 0 atom stereocenters. The summed E-state index contributed by atoms with van der Waals surface area (Å²) in [5.74, 6) is -0.653. The first-order chi connectivity index (χ1) is 9.56. The number of amidine groups is 1. The summed E-state index contributed by atoms with van der Waals surface area (Å²) >= 11 is 4.81. The Morgan fingerprint density at radius 2 is 2.30 bits per heavy atom. The lowest BCUT2D eigenvalue weighted by atomic mass is 10.2. The summed E-state index contributed by atoms with van der Waals surface area (Å²) in [6, 6.07) is 5.22. The van der Waals surface area contributed by atoms with Crippen molar-refractivity contribution in [2.24, 2.45) is 4.99 Å². The number of nitro groups is 1. The summed E-state index contributed by atoms with van der Waals surface area (Å²) in [6.07, 6.45) is 0. The second-order valence-corrected chi connectivity index (χ2v) is 3.78. The van der Waals surface area contributed by atoms with Gasteiger partial charge >= 0.3 is 0 Å². The van der Waals surface area contributed by atoms with E-state index in [4.69, 9.17) is 12.6 Å². The monoisotopic (exact) mass is 292 g/mol. The van der Waals surface area contributed by atoms with Crippen molar-refractivity contribution in [1.29, 1.82) is 0 Å². The van der Waals surface area contributed by atoms with Crippen LogP contribution in [-0.2, 0) is 12.6 Å². The molecule has 0 fully saturated rings. The minimum atomic E-state index is -0.619. The largest absolute Gasteiger partial charge is 0.742 e. The summed E-state index contributed by atoms with van der Waals surface area (Å²) < 4.78 is 0. The van der Waals surface area contributed by atoms with Crippen molar-refractivity contribution in [1.82, 2.24) is 25.9 Å². The van der Waals surface area contributed by atoms with Gasteiger partial charge in [-0.15, -0.1) is 5.10 Å². The van der Waals surface area contributed by atoms with Crippen molar-refractivity contribution in [3.05, 3.63) is 39.9 Å². The maximum Gasteiger partial charge on any atom is 0.288 e. The molecule has 0 spiro atoms. The van der Waals surface area contributed by atoms with Gasteiger partial charge in [0.25, 0.3) is 17.5 Å². The third-order valence-corrected chi connectivity index (χ3v) is 2.27. The van der Waals surface area contributed by atoms with Crippen molar-refractivity contribution in [3.63, 3.8) is 0 Å². The normalized spacial score (nSPS) is 11.1. The lowest BCUT2D eigenvalue weighted by Gasteiger charge is -2.11. The van der Waals surface area contributed by atoms with Crippen molar-refractivity contribution in [2.75, 3.05) is 0 Å². The molecular formula is C9H6N7O3S-. The Kier molecular flexibility index (Phi) is 3.91. The molecule has 2 rings (SSSR count). The molecule has 10 nitrogen and oxygen atoms in total. The molecule has 1 amide bonds. The van der Waals surface area contributed by atoms with Gasteiger partial charge in [0.2, 0.25) is 0 Å². The van der Waals surface area contributed by atoms with Crippen LogP contribution in [0.5, 0.6) is 0 Å². The number of hydrogen-bond acceptors (Lipinski definition) is 8. The fraction of sp³-hybridized carbons (Fsp3) is 0. The Hall–Kier alpha value is -2.95. The smallest absolute Gasteiger partial charge is 0.288 e. The number of carbonyl (C=O) groups is 1. The number of tetrazole rings is 1. The van der Waals surface area contributed by atoms with Crippen LogP contribution < -0.4 is 5.32 Å². The molecule has 1 aromatic carbocycles. The first-order valence-electron chi connectivity index (χ1n) is 5.11. The van der Waals surface area contributed by atoms with Gasteiger partial charge < -0.3 is 17.9 Å². The number of H-pyrrole nitrogens is 1. The number of aromatic amines is 1. The van der Waals surface area contributed by atoms with Crippen molar-refractivity contribution in [3.8, 4) is 0 Å². The zero-order valence-electron chi connectivity index (χ0n) is 9.68. The third-order valence-electron chi connectivity index (χ3n) is 2.08. The number of hydrogen-bond donors (Lipinski definition) is 2. The molecule has 1 heterocycles. The number of nitrogens with one attached hydrogen (secondary N) is 2. The number of benzene rings is 1. The lowest BCUT2D eigenvalue weighted by Crippen LogP contribution is -2.28. The van der Waals surface area contributed by atoms with E-state index >= 15 is 0 Å². The van der Waals surface area contributed by atoms with E-state index in [1.165, 1.54) is 18.2 Å². The quantitative estimate of drug-likeness (QED) is 0.268. The number of carbonyl (C=O) groups excluding carboxylic acids is 1. The van der Waals surface area contributed by atoms with E-state index in [1.54, 1.807) is 0 Å². The van der Waals surface area contributed by atoms with Gasteiger partial charge in [0.05, 0.1) is 4.92 Å². The predicted molar refractivity (Wildman–Crippen MR) is 69.2 cm³/mol. The van der Waals surface area contributed by atoms with Gasteiger partial charge in [0.1, 0.15) is 0 Å². The minimum absolute atomic E-state index is 0.0330. The Labute approximate surface area is 116 Å². The van der Waals surface area contributed by atoms with Crippen LogP contribution in [0.15, 0.2) is 29.3 Å². The van der Waals surface area contributed by atoms with Crippen molar-refractivity contribution in [2.45, 2.75) is 0 Å². The number of amides is 1. The van der Waals surface area contributed by atoms with Crippen LogP contribution in [0.25, 0.3) is 0 Å². The molecular weight excluding hydrogens is 286 g/mol. The molecule has 11 heteroatoms. The average Bonchev–Trinajstić information content (AvgIpc) is 2.91. The van der Waals surface area contributed by atoms with Gasteiger partial charge in [-0.05, 0) is 16.4 Å². The van der Waals surface area contributed by atoms with Crippen molar-refractivity contribution >= 4 is 35.3 Å². The van der Waals surface area contributed by atoms with E-state index in [1.807, 2.05) is 0 Å². The Bertz CT molecular complexity index is 670. The van der Waals surface area contributed by atoms with Gasteiger partial charge in [-0.1, -0.05) is 11.2 Å². The van der Waals surface area contributed by atoms with Crippen LogP contribution in [0.4, 0.5) is 11.6 Å². The molecule has 0 saturated carbocycles. The lowest BCUT2D eigenvalue weighted by molar-refractivity contribution is -0.384. The standard InChI is InChI=1S/C9H7N7O3S/c17-7(5-2-1-3-6(4-5)16(18)19)10-9(20)11-8-12-14-15-13-8/h1-4H,(H3,10,11,12,13,14,15,17,20)/p-1. The predicted octanol–water partition coefficient (Wildman–Crippen LogP) is 0.0723. The minimum Gasteiger partial charge on any atom is -0.742 e. The molecule has 0 radical (unpaired) electrons. The number of nitrogens with zero attached hydrogens (tertiary/aromatic N) is 5. The first-order valence-corrected chi connectivity index (χ1v) is 5.52. The van der Waals surface area contributed by atoms with E-state index in [-0.39, 0.29) is 22.4 Å². The van der Waals surface area contributed by atoms with E-state index in [9.17, 15) is 14.9 Å². The Morgan fingerprint density at radius 1 is 1.50 bits per heavy atom. The molecule has 0 aliphatic heterocycles. The summed E-state index contributed by atoms with van der Waals surface area (Å²) in [7, 11) is 0. The van der Waals surface area contributed by atoms with Crippen LogP contribution in [0.3, 0.4) is 0 Å². The highest BCUT2D eigenvalue weighted by atomic mass is 32.1. The van der Waals surface area contributed by atoms with Crippen molar-refractivity contribution < 1.29 is 9.72 Å². The molecule has 0 bridgehead atoms. The number of rotatable bonds is 3. The Morgan fingerprint density at radius 3 is 2.95 bits per heavy atom. The zero-order chi connectivity index (χ0) is 14.5. The second kappa shape index (κ2) is 5.79. The molecule has 0 saturated heterocycles. The van der Waals surface area contributed by atoms with Crippen LogP contribution in [0, 0.1) is 10.1 Å². The summed E-state index contributed by atoms with van der Waals surface area (Å²) in [6.45, 7) is 0. The van der Waals surface area contributed by atoms with Crippen LogP contribution in [-0.4, -0.2) is 36.6 Å². The van der Waals surface area contributed by atoms with E-state index in [0.29, 0.717) is 0 Å². The average molecular weight is 292 g/mol. The molecule has 0 aliphatic carbocycles. The van der Waals surface area contributed by atoms with Gasteiger partial charge in [-0.2, -0.15) is 5.21 Å². The molecule has 2 aromatic rings. The third kappa shape index (κ3) is 3.29. The number of aromatic nitrogens is 4. The topological polar surface area (TPSA) is 139 Å². The number of aliphatic imine (C=N–C) groups is 1. The highest BCUT2D eigenvalue weighted by Crippen LogP contribution is 2.12. The Balaban J connectivity index is 2.12. The maximum atomic E-state index is 11.8. The fourth-order valence-corrected chi connectivity index (χ4v) is 1.43. The summed E-state index contributed by atoms with van der Waals surface area (Å²) in [5, 5.41) is 25.2. The first kappa shape index (κ1) is 13.5. The fourth-order valence-electron chi connectivity index (χ4n) is 1.25. The zero-order valence-corrected chi connectivity index (χ0v) is 10.5. The van der Waals surface area contributed by atoms with Crippen LogP contribution in [0.2, 0.25) is 0 Å². The molecule has 20 heavy (non-hydrogen) atoms. The van der Waals surface area contributed by atoms with Gasteiger partial charge in [0, 0.05) is 17.7 Å². The van der Waals surface area contributed by atoms with E-state index < -0.39 is 10.8 Å². The van der Waals surface area contributed by atoms with E-state index in [0.717, 1.165) is 6.07 Å². The summed E-state index contributed by atoms with van der Waals surface area (Å²) in [5.41, 5.74) is -0.108. The van der Waals surface area contributed by atoms with Gasteiger partial charge in [-0.3, -0.25) is 14.9 Å². The molecule has 102 valence electrons. The second-order valence-electron chi connectivity index (χ2n) is 3.39. The van der Waals surface area contributed by atoms with Crippen LogP contribution in [0.1, 0.15) is 10.4 Å². The molecule has 0 unspecified atom stereocenters. The van der Waals surface area contributed by atoms with Gasteiger partial charge in [0.15, 0.2) is 0 Å². The molecule has 1 aromatic heterocycles. The van der Waals surface area contributed by atoms with E-state index in [2.05, 4.69) is 30.9 Å². The summed E-state index contributed by atoms with van der Waals surface area (Å²) in [4.78, 5) is 25.5. The SMILES string of the molecule is O=C(NC([S-])=Nc1nn[nH]n1)c1cccc([N+](=O)[O-])c1. The highest BCUT2D eigenvalue weighted by Gasteiger charge is 2.10. The number of nitro benzene ring substituents is 1. The van der Waals surface area contributed by atoms with Gasteiger partial charge in [-0.25, -0.2) is 4.99 Å². The molecule has 2 N–H and O–H groups in total. The highest BCUT2D eigenvalue weighted by molar-refractivity contribution is 7.77. The maximum absolute atomic E-state index is 11.8.